The van der Waals surface area contributed by atoms with Gasteiger partial charge in [0, 0.05) is 35.1 Å². The Morgan fingerprint density at radius 2 is 1.91 bits per heavy atom. The monoisotopic (exact) mass is 329 g/mol. The first-order valence-corrected chi connectivity index (χ1v) is 7.65. The van der Waals surface area contributed by atoms with Crippen LogP contribution in [-0.2, 0) is 6.54 Å². The van der Waals surface area contributed by atoms with E-state index in [-0.39, 0.29) is 11.8 Å². The first-order valence-electron chi connectivity index (χ1n) is 7.27. The van der Waals surface area contributed by atoms with Crippen molar-refractivity contribution in [1.29, 1.82) is 0 Å². The fourth-order valence-corrected chi connectivity index (χ4v) is 2.62. The molecule has 0 radical (unpaired) electrons. The van der Waals surface area contributed by atoms with Crippen molar-refractivity contribution in [3.63, 3.8) is 0 Å². The Morgan fingerprint density at radius 1 is 1.17 bits per heavy atom. The Bertz CT molecular complexity index is 887. The van der Waals surface area contributed by atoms with Crippen molar-refractivity contribution in [1.82, 2.24) is 5.32 Å². The van der Waals surface area contributed by atoms with Gasteiger partial charge in [-0.1, -0.05) is 23.7 Å². The van der Waals surface area contributed by atoms with Crippen LogP contribution in [0.25, 0.3) is 11.0 Å². The van der Waals surface area contributed by atoms with Crippen molar-refractivity contribution in [2.24, 2.45) is 0 Å². The fraction of sp³-hybridized carbons (Fsp3) is 0.167. The van der Waals surface area contributed by atoms with Crippen LogP contribution in [0.15, 0.2) is 57.7 Å². The second kappa shape index (κ2) is 6.44. The molecule has 118 valence electrons. The average Bonchev–Trinajstić information content (AvgIpc) is 2.52. The summed E-state index contributed by atoms with van der Waals surface area (Å²) in [6.07, 6.45) is 0. The maximum atomic E-state index is 11.7. The molecule has 1 atom stereocenters. The molecule has 0 bridgehead atoms. The van der Waals surface area contributed by atoms with Crippen LogP contribution in [0, 0.1) is 0 Å². The highest BCUT2D eigenvalue weighted by atomic mass is 35.5. The minimum absolute atomic E-state index is 0.0697. The Labute approximate surface area is 138 Å². The zero-order chi connectivity index (χ0) is 16.4. The fourth-order valence-electron chi connectivity index (χ4n) is 2.50. The molecule has 5 heteroatoms. The molecule has 0 aliphatic heterocycles. The molecule has 2 aromatic carbocycles. The van der Waals surface area contributed by atoms with Gasteiger partial charge < -0.3 is 14.8 Å². The molecule has 1 heterocycles. The number of rotatable bonds is 4. The summed E-state index contributed by atoms with van der Waals surface area (Å²) >= 11 is 5.90. The lowest BCUT2D eigenvalue weighted by Gasteiger charge is -2.15. The van der Waals surface area contributed by atoms with Crippen molar-refractivity contribution < 1.29 is 9.52 Å². The number of halogens is 1. The maximum Gasteiger partial charge on any atom is 0.336 e. The lowest BCUT2D eigenvalue weighted by molar-refractivity contribution is 0.473. The van der Waals surface area contributed by atoms with Crippen molar-refractivity contribution >= 4 is 22.6 Å². The van der Waals surface area contributed by atoms with Gasteiger partial charge in [0.2, 0.25) is 0 Å². The van der Waals surface area contributed by atoms with E-state index in [1.807, 2.05) is 31.2 Å². The molecule has 0 unspecified atom stereocenters. The molecule has 3 aromatic rings. The normalized spacial score (nSPS) is 12.4. The second-order valence-electron chi connectivity index (χ2n) is 5.43. The lowest BCUT2D eigenvalue weighted by Crippen LogP contribution is -2.19. The van der Waals surface area contributed by atoms with Gasteiger partial charge in [-0.3, -0.25) is 0 Å². The van der Waals surface area contributed by atoms with Gasteiger partial charge in [0.1, 0.15) is 11.3 Å². The first kappa shape index (κ1) is 15.6. The Balaban J connectivity index is 1.84. The van der Waals surface area contributed by atoms with Crippen LogP contribution in [0.3, 0.4) is 0 Å². The van der Waals surface area contributed by atoms with Crippen LogP contribution < -0.4 is 10.9 Å². The minimum atomic E-state index is -0.431. The summed E-state index contributed by atoms with van der Waals surface area (Å²) in [5.74, 6) is 0.0697. The molecule has 0 saturated heterocycles. The zero-order valence-electron chi connectivity index (χ0n) is 12.5. The van der Waals surface area contributed by atoms with Crippen molar-refractivity contribution in [2.45, 2.75) is 19.5 Å². The molecule has 2 N–H and O–H groups in total. The highest BCUT2D eigenvalue weighted by Crippen LogP contribution is 2.22. The lowest BCUT2D eigenvalue weighted by atomic mass is 10.1. The van der Waals surface area contributed by atoms with E-state index in [2.05, 4.69) is 5.32 Å². The maximum absolute atomic E-state index is 11.7. The summed E-state index contributed by atoms with van der Waals surface area (Å²) in [4.78, 5) is 11.7. The third-order valence-electron chi connectivity index (χ3n) is 3.78. The third kappa shape index (κ3) is 3.55. The van der Waals surface area contributed by atoms with Crippen molar-refractivity contribution in [3.05, 3.63) is 75.1 Å². The van der Waals surface area contributed by atoms with E-state index in [9.17, 15) is 9.90 Å². The number of hydrogen-bond acceptors (Lipinski definition) is 4. The van der Waals surface area contributed by atoms with Crippen LogP contribution in [-0.4, -0.2) is 5.11 Å². The molecule has 3 rings (SSSR count). The van der Waals surface area contributed by atoms with E-state index < -0.39 is 5.63 Å². The quantitative estimate of drug-likeness (QED) is 0.710. The highest BCUT2D eigenvalue weighted by molar-refractivity contribution is 6.30. The number of benzene rings is 2. The SMILES string of the molecule is C[C@@H](NCc1cc(=O)oc2cc(O)ccc12)c1ccc(Cl)cc1. The standard InChI is InChI=1S/C18H16ClNO3/c1-11(12-2-4-14(19)5-3-12)20-10-13-8-18(22)23-17-9-15(21)6-7-16(13)17/h2-9,11,20-21H,10H2,1H3/t11-/m1/s1. The van der Waals surface area contributed by atoms with Gasteiger partial charge in [0.05, 0.1) is 0 Å². The van der Waals surface area contributed by atoms with Crippen LogP contribution in [0.4, 0.5) is 0 Å². The van der Waals surface area contributed by atoms with E-state index in [1.165, 1.54) is 12.1 Å². The van der Waals surface area contributed by atoms with Gasteiger partial charge in [-0.2, -0.15) is 0 Å². The summed E-state index contributed by atoms with van der Waals surface area (Å²) in [6, 6.07) is 14.0. The van der Waals surface area contributed by atoms with Crippen LogP contribution in [0.5, 0.6) is 5.75 Å². The minimum Gasteiger partial charge on any atom is -0.508 e. The molecular weight excluding hydrogens is 314 g/mol. The van der Waals surface area contributed by atoms with Gasteiger partial charge in [0.15, 0.2) is 0 Å². The topological polar surface area (TPSA) is 62.5 Å². The molecule has 1 aromatic heterocycles. The van der Waals surface area contributed by atoms with E-state index in [4.69, 9.17) is 16.0 Å². The number of aromatic hydroxyl groups is 1. The van der Waals surface area contributed by atoms with Crippen molar-refractivity contribution in [2.75, 3.05) is 0 Å². The van der Waals surface area contributed by atoms with Gasteiger partial charge in [-0.25, -0.2) is 4.79 Å². The third-order valence-corrected chi connectivity index (χ3v) is 4.03. The van der Waals surface area contributed by atoms with Crippen molar-refractivity contribution in [3.8, 4) is 5.75 Å². The number of phenols is 1. The van der Waals surface area contributed by atoms with Crippen LogP contribution in [0.2, 0.25) is 5.02 Å². The van der Waals surface area contributed by atoms with E-state index in [0.717, 1.165) is 16.5 Å². The summed E-state index contributed by atoms with van der Waals surface area (Å²) in [5.41, 5.74) is 1.89. The van der Waals surface area contributed by atoms with E-state index in [0.29, 0.717) is 17.2 Å². The van der Waals surface area contributed by atoms with Gasteiger partial charge >= 0.3 is 5.63 Å². The molecule has 4 nitrogen and oxygen atoms in total. The Kier molecular flexibility index (Phi) is 4.37. The molecule has 23 heavy (non-hydrogen) atoms. The Hall–Kier alpha value is -2.30. The molecule has 0 saturated carbocycles. The number of phenolic OH excluding ortho intramolecular Hbond substituents is 1. The summed E-state index contributed by atoms with van der Waals surface area (Å²) in [5, 5.41) is 14.4. The molecule has 0 aliphatic carbocycles. The van der Waals surface area contributed by atoms with Crippen LogP contribution >= 0.6 is 11.6 Å². The number of fused-ring (bicyclic) bond motifs is 1. The summed E-state index contributed by atoms with van der Waals surface area (Å²) < 4.78 is 5.13. The zero-order valence-corrected chi connectivity index (χ0v) is 13.3. The molecular formula is C18H16ClNO3. The van der Waals surface area contributed by atoms with Gasteiger partial charge in [0.25, 0.3) is 0 Å². The van der Waals surface area contributed by atoms with Crippen LogP contribution in [0.1, 0.15) is 24.1 Å². The average molecular weight is 330 g/mol. The number of nitrogens with one attached hydrogen (secondary N) is 1. The largest absolute Gasteiger partial charge is 0.508 e. The van der Waals surface area contributed by atoms with Gasteiger partial charge in [-0.05, 0) is 42.3 Å². The van der Waals surface area contributed by atoms with Gasteiger partial charge in [-0.15, -0.1) is 0 Å². The predicted molar refractivity (Wildman–Crippen MR) is 90.9 cm³/mol. The second-order valence-corrected chi connectivity index (χ2v) is 5.86. The summed E-state index contributed by atoms with van der Waals surface area (Å²) in [7, 11) is 0. The predicted octanol–water partition coefficient (Wildman–Crippen LogP) is 4.00. The first-order chi connectivity index (χ1) is 11.0. The summed E-state index contributed by atoms with van der Waals surface area (Å²) in [6.45, 7) is 2.55. The molecule has 0 fully saturated rings. The van der Waals surface area contributed by atoms with E-state index in [1.54, 1.807) is 12.1 Å². The number of hydrogen-bond donors (Lipinski definition) is 2. The Morgan fingerprint density at radius 3 is 2.65 bits per heavy atom. The smallest absolute Gasteiger partial charge is 0.336 e. The van der Waals surface area contributed by atoms with E-state index >= 15 is 0 Å². The molecule has 0 amide bonds. The molecule has 0 aliphatic rings. The highest BCUT2D eigenvalue weighted by Gasteiger charge is 2.09. The molecule has 0 spiro atoms.